The minimum absolute atomic E-state index is 0.0825. The maximum absolute atomic E-state index is 13.3. The molecule has 0 N–H and O–H groups in total. The Labute approximate surface area is 207 Å². The van der Waals surface area contributed by atoms with Gasteiger partial charge >= 0.3 is 0 Å². The summed E-state index contributed by atoms with van der Waals surface area (Å²) < 4.78 is 30.1. The van der Waals surface area contributed by atoms with Gasteiger partial charge in [0, 0.05) is 5.57 Å². The molecular formula is C28H23FN2O5. The average molecular weight is 486 g/mol. The highest BCUT2D eigenvalue weighted by molar-refractivity contribution is 6.19. The van der Waals surface area contributed by atoms with Crippen molar-refractivity contribution in [2.24, 2.45) is 0 Å². The van der Waals surface area contributed by atoms with E-state index < -0.39 is 11.8 Å². The van der Waals surface area contributed by atoms with Gasteiger partial charge in [-0.15, -0.1) is 0 Å². The Morgan fingerprint density at radius 1 is 1.06 bits per heavy atom. The predicted octanol–water partition coefficient (Wildman–Crippen LogP) is 5.19. The Balaban J connectivity index is 1.64. The molecule has 0 saturated heterocycles. The van der Waals surface area contributed by atoms with Gasteiger partial charge in [0.2, 0.25) is 0 Å². The summed E-state index contributed by atoms with van der Waals surface area (Å²) in [5.74, 6) is -0.137. The molecule has 182 valence electrons. The molecule has 0 radical (unpaired) electrons. The molecule has 0 unspecified atom stereocenters. The van der Waals surface area contributed by atoms with Crippen molar-refractivity contribution in [3.63, 3.8) is 0 Å². The monoisotopic (exact) mass is 486 g/mol. The smallest absolute Gasteiger partial charge is 0.272 e. The molecule has 1 aromatic heterocycles. The van der Waals surface area contributed by atoms with Crippen LogP contribution in [0.3, 0.4) is 0 Å². The van der Waals surface area contributed by atoms with Gasteiger partial charge in [0.25, 0.3) is 11.8 Å². The molecule has 36 heavy (non-hydrogen) atoms. The van der Waals surface area contributed by atoms with Crippen molar-refractivity contribution < 1.29 is 27.9 Å². The second-order valence-electron chi connectivity index (χ2n) is 8.00. The second kappa shape index (κ2) is 10.7. The Morgan fingerprint density at radius 3 is 2.50 bits per heavy atom. The number of imide groups is 1. The standard InChI is InChI=1S/C28H23FN2O5/c1-3-34-26-14-20(8-11-25(26)36-17-19-6-9-21(29)10-7-19)13-23-18(2)24(15-30)28(33)31(27(23)32)16-22-5-4-12-35-22/h4-14H,3,16-17H2,1-2H3/b23-13+. The maximum atomic E-state index is 13.3. The molecule has 0 spiro atoms. The van der Waals surface area contributed by atoms with Crippen LogP contribution >= 0.6 is 0 Å². The van der Waals surface area contributed by atoms with Gasteiger partial charge in [0.05, 0.1) is 19.4 Å². The summed E-state index contributed by atoms with van der Waals surface area (Å²) >= 11 is 0. The molecule has 4 rings (SSSR count). The van der Waals surface area contributed by atoms with Crippen LogP contribution in [0.25, 0.3) is 6.08 Å². The molecule has 2 amide bonds. The molecule has 3 aromatic rings. The number of amides is 2. The fourth-order valence-corrected chi connectivity index (χ4v) is 3.74. The van der Waals surface area contributed by atoms with Crippen molar-refractivity contribution in [2.45, 2.75) is 27.0 Å². The minimum atomic E-state index is -0.659. The van der Waals surface area contributed by atoms with Crippen LogP contribution in [0.15, 0.2) is 82.0 Å². The third kappa shape index (κ3) is 5.20. The molecule has 2 heterocycles. The first-order valence-electron chi connectivity index (χ1n) is 11.3. The summed E-state index contributed by atoms with van der Waals surface area (Å²) in [4.78, 5) is 27.1. The molecule has 8 heteroatoms. The normalized spacial score (nSPS) is 14.8. The van der Waals surface area contributed by atoms with Crippen molar-refractivity contribution in [3.05, 3.63) is 100 Å². The van der Waals surface area contributed by atoms with E-state index in [1.54, 1.807) is 55.5 Å². The third-order valence-electron chi connectivity index (χ3n) is 5.61. The lowest BCUT2D eigenvalue weighted by Crippen LogP contribution is -2.42. The first-order valence-corrected chi connectivity index (χ1v) is 11.3. The van der Waals surface area contributed by atoms with E-state index in [2.05, 4.69) is 0 Å². The highest BCUT2D eigenvalue weighted by atomic mass is 19.1. The number of rotatable bonds is 8. The largest absolute Gasteiger partial charge is 0.490 e. The second-order valence-corrected chi connectivity index (χ2v) is 8.00. The Morgan fingerprint density at radius 2 is 1.83 bits per heavy atom. The van der Waals surface area contributed by atoms with Gasteiger partial charge in [-0.25, -0.2) is 4.39 Å². The van der Waals surface area contributed by atoms with E-state index in [4.69, 9.17) is 13.9 Å². The van der Waals surface area contributed by atoms with Crippen LogP contribution in [0, 0.1) is 17.1 Å². The number of furan rings is 1. The topological polar surface area (TPSA) is 92.8 Å². The van der Waals surface area contributed by atoms with Gasteiger partial charge in [0.1, 0.15) is 29.8 Å². The lowest BCUT2D eigenvalue weighted by Gasteiger charge is -2.26. The van der Waals surface area contributed by atoms with Crippen molar-refractivity contribution in [2.75, 3.05) is 6.61 Å². The number of carbonyl (C=O) groups is 2. The summed E-state index contributed by atoms with van der Waals surface area (Å²) in [6.07, 6.45) is 3.06. The van der Waals surface area contributed by atoms with Crippen LogP contribution in [0.1, 0.15) is 30.7 Å². The Kier molecular flexibility index (Phi) is 7.31. The summed E-state index contributed by atoms with van der Waals surface area (Å²) in [7, 11) is 0. The molecule has 0 bridgehead atoms. The van der Waals surface area contributed by atoms with E-state index in [1.807, 2.05) is 13.0 Å². The van der Waals surface area contributed by atoms with E-state index >= 15 is 0 Å². The van der Waals surface area contributed by atoms with Crippen LogP contribution < -0.4 is 9.47 Å². The van der Waals surface area contributed by atoms with E-state index in [9.17, 15) is 19.2 Å². The molecule has 0 saturated carbocycles. The number of nitrogens with zero attached hydrogens (tertiary/aromatic N) is 2. The highest BCUT2D eigenvalue weighted by Gasteiger charge is 2.36. The van der Waals surface area contributed by atoms with Crippen LogP contribution in [0.4, 0.5) is 4.39 Å². The Bertz CT molecular complexity index is 1380. The summed E-state index contributed by atoms with van der Waals surface area (Å²) in [6, 6.07) is 16.4. The number of nitriles is 1. The first-order chi connectivity index (χ1) is 17.4. The lowest BCUT2D eigenvalue weighted by atomic mass is 9.93. The van der Waals surface area contributed by atoms with Crippen LogP contribution in [-0.4, -0.2) is 23.3 Å². The van der Waals surface area contributed by atoms with Gasteiger partial charge in [0.15, 0.2) is 11.5 Å². The van der Waals surface area contributed by atoms with Gasteiger partial charge in [-0.05, 0) is 73.0 Å². The van der Waals surface area contributed by atoms with Crippen LogP contribution in [0.2, 0.25) is 0 Å². The van der Waals surface area contributed by atoms with E-state index in [-0.39, 0.29) is 30.1 Å². The van der Waals surface area contributed by atoms with Crippen LogP contribution in [0.5, 0.6) is 11.5 Å². The van der Waals surface area contributed by atoms with Gasteiger partial charge < -0.3 is 13.9 Å². The highest BCUT2D eigenvalue weighted by Crippen LogP contribution is 2.33. The average Bonchev–Trinajstić information content (AvgIpc) is 3.39. The molecule has 1 aliphatic heterocycles. The molecule has 7 nitrogen and oxygen atoms in total. The first kappa shape index (κ1) is 24.5. The SMILES string of the molecule is CCOc1cc(/C=C2/C(=O)N(Cc3ccco3)C(=O)C(C#N)=C2C)ccc1OCc1ccc(F)cc1. The zero-order chi connectivity index (χ0) is 25.7. The zero-order valence-electron chi connectivity index (χ0n) is 19.8. The molecule has 1 aliphatic rings. The van der Waals surface area contributed by atoms with E-state index in [0.29, 0.717) is 35.0 Å². The minimum Gasteiger partial charge on any atom is -0.490 e. The third-order valence-corrected chi connectivity index (χ3v) is 5.61. The van der Waals surface area contributed by atoms with E-state index in [1.165, 1.54) is 18.4 Å². The van der Waals surface area contributed by atoms with Crippen LogP contribution in [-0.2, 0) is 22.7 Å². The number of benzene rings is 2. The van der Waals surface area contributed by atoms with Crippen molar-refractivity contribution >= 4 is 17.9 Å². The van der Waals surface area contributed by atoms with Gasteiger partial charge in [-0.1, -0.05) is 18.2 Å². The predicted molar refractivity (Wildman–Crippen MR) is 129 cm³/mol. The number of carbonyl (C=O) groups excluding carboxylic acids is 2. The summed E-state index contributed by atoms with van der Waals surface area (Å²) in [5, 5.41) is 9.59. The lowest BCUT2D eigenvalue weighted by molar-refractivity contribution is -0.141. The molecule has 0 atom stereocenters. The summed E-state index contributed by atoms with van der Waals surface area (Å²) in [5.41, 5.74) is 1.85. The fourth-order valence-electron chi connectivity index (χ4n) is 3.74. The number of ether oxygens (including phenoxy) is 2. The van der Waals surface area contributed by atoms with Gasteiger partial charge in [-0.2, -0.15) is 5.26 Å². The van der Waals surface area contributed by atoms with Crippen molar-refractivity contribution in [1.82, 2.24) is 4.90 Å². The molecular weight excluding hydrogens is 463 g/mol. The Hall–Kier alpha value is -4.64. The summed E-state index contributed by atoms with van der Waals surface area (Å²) in [6.45, 7) is 3.93. The molecule has 2 aromatic carbocycles. The number of halogens is 1. The maximum Gasteiger partial charge on any atom is 0.272 e. The number of hydrogen-bond acceptors (Lipinski definition) is 6. The quantitative estimate of drug-likeness (QED) is 0.321. The van der Waals surface area contributed by atoms with Gasteiger partial charge in [-0.3, -0.25) is 14.5 Å². The molecule has 0 aliphatic carbocycles. The molecule has 0 fully saturated rings. The number of hydrogen-bond donors (Lipinski definition) is 0. The van der Waals surface area contributed by atoms with E-state index in [0.717, 1.165) is 10.5 Å². The zero-order valence-corrected chi connectivity index (χ0v) is 19.8. The fraction of sp³-hybridized carbons (Fsp3) is 0.179. The van der Waals surface area contributed by atoms with Crippen molar-refractivity contribution in [1.29, 1.82) is 5.26 Å². The van der Waals surface area contributed by atoms with Crippen molar-refractivity contribution in [3.8, 4) is 17.6 Å².